The maximum atomic E-state index is 6.01. The Balaban J connectivity index is 2.04. The standard InChI is InChI=1S/C14H25ClN6/c1-5-6-16-12-17-11(15)18-13(19-12)20-7-9-21(10-8-20)14(2,3)4/h5-10H2,1-4H3,(H,16,17,18,19). The van der Waals surface area contributed by atoms with Crippen molar-refractivity contribution in [2.75, 3.05) is 42.9 Å². The Labute approximate surface area is 131 Å². The van der Waals surface area contributed by atoms with Gasteiger partial charge in [0.1, 0.15) is 0 Å². The van der Waals surface area contributed by atoms with Gasteiger partial charge in [0.15, 0.2) is 0 Å². The minimum absolute atomic E-state index is 0.205. The number of nitrogens with one attached hydrogen (secondary N) is 1. The highest BCUT2D eigenvalue weighted by Gasteiger charge is 2.27. The van der Waals surface area contributed by atoms with Crippen molar-refractivity contribution in [2.24, 2.45) is 0 Å². The minimum atomic E-state index is 0.205. The zero-order chi connectivity index (χ0) is 15.5. The van der Waals surface area contributed by atoms with Crippen molar-refractivity contribution < 1.29 is 0 Å². The molecule has 1 aromatic rings. The summed E-state index contributed by atoms with van der Waals surface area (Å²) in [5.41, 5.74) is 0.205. The number of halogens is 1. The summed E-state index contributed by atoms with van der Waals surface area (Å²) in [6.45, 7) is 13.5. The van der Waals surface area contributed by atoms with Crippen LogP contribution in [0.15, 0.2) is 0 Å². The highest BCUT2D eigenvalue weighted by atomic mass is 35.5. The van der Waals surface area contributed by atoms with Crippen LogP contribution in [0.4, 0.5) is 11.9 Å². The summed E-state index contributed by atoms with van der Waals surface area (Å²) in [7, 11) is 0. The summed E-state index contributed by atoms with van der Waals surface area (Å²) in [4.78, 5) is 17.5. The van der Waals surface area contributed by atoms with Crippen molar-refractivity contribution in [3.8, 4) is 0 Å². The van der Waals surface area contributed by atoms with Gasteiger partial charge in [0.25, 0.3) is 0 Å². The lowest BCUT2D eigenvalue weighted by atomic mass is 10.1. The lowest BCUT2D eigenvalue weighted by Crippen LogP contribution is -2.53. The number of anilines is 2. The monoisotopic (exact) mass is 312 g/mol. The van der Waals surface area contributed by atoms with Crippen molar-refractivity contribution >= 4 is 23.5 Å². The normalized spacial score (nSPS) is 17.1. The fraction of sp³-hybridized carbons (Fsp3) is 0.786. The van der Waals surface area contributed by atoms with E-state index in [0.29, 0.717) is 11.9 Å². The Morgan fingerprint density at radius 2 is 1.76 bits per heavy atom. The molecular formula is C14H25ClN6. The molecule has 1 aliphatic heterocycles. The summed E-state index contributed by atoms with van der Waals surface area (Å²) in [6, 6.07) is 0. The Bertz CT molecular complexity index is 465. The van der Waals surface area contributed by atoms with E-state index >= 15 is 0 Å². The van der Waals surface area contributed by atoms with Crippen LogP contribution in [-0.2, 0) is 0 Å². The fourth-order valence-corrected chi connectivity index (χ4v) is 2.53. The molecule has 1 aliphatic rings. The minimum Gasteiger partial charge on any atom is -0.354 e. The number of nitrogens with zero attached hydrogens (tertiary/aromatic N) is 5. The van der Waals surface area contributed by atoms with E-state index < -0.39 is 0 Å². The molecule has 0 radical (unpaired) electrons. The predicted molar refractivity (Wildman–Crippen MR) is 87.2 cm³/mol. The molecule has 1 aromatic heterocycles. The molecule has 21 heavy (non-hydrogen) atoms. The fourth-order valence-electron chi connectivity index (χ4n) is 2.37. The van der Waals surface area contributed by atoms with Crippen LogP contribution in [0.1, 0.15) is 34.1 Å². The molecule has 0 aromatic carbocycles. The Kier molecular flexibility index (Phi) is 5.22. The maximum absolute atomic E-state index is 6.01. The van der Waals surface area contributed by atoms with Crippen LogP contribution in [0.2, 0.25) is 5.28 Å². The van der Waals surface area contributed by atoms with Crippen LogP contribution in [0.3, 0.4) is 0 Å². The predicted octanol–water partition coefficient (Wildman–Crippen LogP) is 2.27. The van der Waals surface area contributed by atoms with Crippen molar-refractivity contribution in [2.45, 2.75) is 39.7 Å². The van der Waals surface area contributed by atoms with E-state index in [9.17, 15) is 0 Å². The molecule has 0 aliphatic carbocycles. The Morgan fingerprint density at radius 3 is 2.33 bits per heavy atom. The van der Waals surface area contributed by atoms with Crippen LogP contribution >= 0.6 is 11.6 Å². The molecule has 0 bridgehead atoms. The van der Waals surface area contributed by atoms with E-state index in [1.54, 1.807) is 0 Å². The third-order valence-corrected chi connectivity index (χ3v) is 3.81. The smallest absolute Gasteiger partial charge is 0.231 e. The summed E-state index contributed by atoms with van der Waals surface area (Å²) in [5, 5.41) is 3.41. The van der Waals surface area contributed by atoms with Gasteiger partial charge in [0.2, 0.25) is 17.2 Å². The van der Waals surface area contributed by atoms with Gasteiger partial charge >= 0.3 is 0 Å². The van der Waals surface area contributed by atoms with E-state index in [-0.39, 0.29) is 10.8 Å². The molecule has 7 heteroatoms. The molecule has 118 valence electrons. The molecule has 2 heterocycles. The van der Waals surface area contributed by atoms with Gasteiger partial charge in [-0.15, -0.1) is 0 Å². The Morgan fingerprint density at radius 1 is 1.10 bits per heavy atom. The zero-order valence-electron chi connectivity index (χ0n) is 13.4. The van der Waals surface area contributed by atoms with Crippen LogP contribution < -0.4 is 10.2 Å². The number of hydrogen-bond donors (Lipinski definition) is 1. The van der Waals surface area contributed by atoms with Gasteiger partial charge in [0.05, 0.1) is 0 Å². The first kappa shape index (κ1) is 16.2. The maximum Gasteiger partial charge on any atom is 0.231 e. The molecule has 0 saturated carbocycles. The molecule has 1 saturated heterocycles. The van der Waals surface area contributed by atoms with Crippen LogP contribution in [0, 0.1) is 0 Å². The highest BCUT2D eigenvalue weighted by Crippen LogP contribution is 2.19. The van der Waals surface area contributed by atoms with Crippen molar-refractivity contribution in [1.82, 2.24) is 19.9 Å². The second-order valence-electron chi connectivity index (χ2n) is 6.30. The van der Waals surface area contributed by atoms with E-state index in [1.807, 2.05) is 0 Å². The third kappa shape index (κ3) is 4.41. The topological polar surface area (TPSA) is 57.2 Å². The SMILES string of the molecule is CCCNc1nc(Cl)nc(N2CCN(C(C)(C)C)CC2)n1. The summed E-state index contributed by atoms with van der Waals surface area (Å²) in [6.07, 6.45) is 1.02. The van der Waals surface area contributed by atoms with E-state index in [4.69, 9.17) is 11.6 Å². The summed E-state index contributed by atoms with van der Waals surface area (Å²) in [5.74, 6) is 1.23. The molecule has 6 nitrogen and oxygen atoms in total. The number of rotatable bonds is 4. The van der Waals surface area contributed by atoms with Gasteiger partial charge in [-0.3, -0.25) is 4.90 Å². The average molecular weight is 313 g/mol. The lowest BCUT2D eigenvalue weighted by molar-refractivity contribution is 0.128. The zero-order valence-corrected chi connectivity index (χ0v) is 14.1. The van der Waals surface area contributed by atoms with Gasteiger partial charge in [-0.05, 0) is 38.8 Å². The van der Waals surface area contributed by atoms with Gasteiger partial charge in [-0.2, -0.15) is 15.0 Å². The van der Waals surface area contributed by atoms with E-state index in [1.165, 1.54) is 0 Å². The van der Waals surface area contributed by atoms with Crippen molar-refractivity contribution in [3.63, 3.8) is 0 Å². The number of aromatic nitrogens is 3. The molecule has 2 rings (SSSR count). The van der Waals surface area contributed by atoms with Crippen molar-refractivity contribution in [1.29, 1.82) is 0 Å². The van der Waals surface area contributed by atoms with Crippen LogP contribution in [-0.4, -0.2) is 58.1 Å². The quantitative estimate of drug-likeness (QED) is 0.920. The first-order chi connectivity index (χ1) is 9.90. The molecule has 0 spiro atoms. The average Bonchev–Trinajstić information content (AvgIpc) is 2.44. The molecule has 1 fully saturated rings. The first-order valence-corrected chi connectivity index (χ1v) is 7.93. The summed E-state index contributed by atoms with van der Waals surface area (Å²) < 4.78 is 0. The number of piperazine rings is 1. The lowest BCUT2D eigenvalue weighted by Gasteiger charge is -2.42. The van der Waals surface area contributed by atoms with Gasteiger partial charge in [-0.1, -0.05) is 6.92 Å². The van der Waals surface area contributed by atoms with E-state index in [0.717, 1.165) is 39.1 Å². The second kappa shape index (κ2) is 6.75. The molecule has 1 N–H and O–H groups in total. The van der Waals surface area contributed by atoms with Crippen molar-refractivity contribution in [3.05, 3.63) is 5.28 Å². The molecular weight excluding hydrogens is 288 g/mol. The highest BCUT2D eigenvalue weighted by molar-refractivity contribution is 6.28. The first-order valence-electron chi connectivity index (χ1n) is 7.55. The van der Waals surface area contributed by atoms with Gasteiger partial charge < -0.3 is 10.2 Å². The molecule has 0 amide bonds. The second-order valence-corrected chi connectivity index (χ2v) is 6.64. The third-order valence-electron chi connectivity index (χ3n) is 3.64. The van der Waals surface area contributed by atoms with Gasteiger partial charge in [0, 0.05) is 38.3 Å². The van der Waals surface area contributed by atoms with Crippen LogP contribution in [0.25, 0.3) is 0 Å². The largest absolute Gasteiger partial charge is 0.354 e. The Hall–Kier alpha value is -1.14. The van der Waals surface area contributed by atoms with E-state index in [2.05, 4.69) is 57.8 Å². The van der Waals surface area contributed by atoms with Gasteiger partial charge in [-0.25, -0.2) is 0 Å². The molecule has 0 atom stereocenters. The number of hydrogen-bond acceptors (Lipinski definition) is 6. The summed E-state index contributed by atoms with van der Waals surface area (Å²) >= 11 is 6.01. The molecule has 0 unspecified atom stereocenters. The van der Waals surface area contributed by atoms with Crippen LogP contribution in [0.5, 0.6) is 0 Å².